The first kappa shape index (κ1) is 36.0. The summed E-state index contributed by atoms with van der Waals surface area (Å²) in [5.74, 6) is 1.85. The Morgan fingerprint density at radius 3 is 1.67 bits per heavy atom. The average Bonchev–Trinajstić information content (AvgIpc) is 3.89. The van der Waals surface area contributed by atoms with E-state index in [0.29, 0.717) is 17.5 Å². The number of nitrogens with zero attached hydrogens (tertiary/aromatic N) is 5. The van der Waals surface area contributed by atoms with E-state index in [9.17, 15) is 0 Å². The minimum Gasteiger partial charge on any atom is -0.309 e. The van der Waals surface area contributed by atoms with Crippen molar-refractivity contribution in [2.75, 3.05) is 0 Å². The Hall–Kier alpha value is -8.67. The molecule has 0 radical (unpaired) electrons. The molecule has 3 heterocycles. The molecule has 0 amide bonds. The molecule has 0 atom stereocenters. The van der Waals surface area contributed by atoms with Crippen molar-refractivity contribution in [3.05, 3.63) is 224 Å². The number of fused-ring (bicyclic) bond motifs is 9. The third kappa shape index (κ3) is 5.68. The summed E-state index contributed by atoms with van der Waals surface area (Å²) in [5.41, 5.74) is 11.6. The maximum Gasteiger partial charge on any atom is 0.164 e. The third-order valence-corrected chi connectivity index (χ3v) is 12.7. The van der Waals surface area contributed by atoms with E-state index in [4.69, 9.17) is 15.0 Å². The van der Waals surface area contributed by atoms with Gasteiger partial charge in [-0.1, -0.05) is 170 Å². The van der Waals surface area contributed by atoms with Crippen LogP contribution < -0.4 is 0 Å². The topological polar surface area (TPSA) is 48.5 Å². The molecule has 5 nitrogen and oxygen atoms in total. The van der Waals surface area contributed by atoms with Crippen molar-refractivity contribution >= 4 is 65.2 Å². The van der Waals surface area contributed by atoms with Crippen LogP contribution in [0, 0.1) is 0 Å². The summed E-state index contributed by atoms with van der Waals surface area (Å²) >= 11 is 0. The van der Waals surface area contributed by atoms with Gasteiger partial charge < -0.3 is 9.13 Å². The molecule has 13 aromatic rings. The molecule has 3 aromatic heterocycles. The van der Waals surface area contributed by atoms with Crippen LogP contribution in [0.1, 0.15) is 0 Å². The molecular weight excluding hydrogens is 779 g/mol. The van der Waals surface area contributed by atoms with E-state index in [1.54, 1.807) is 0 Å². The fraction of sp³-hybridized carbons (Fsp3) is 0. The highest BCUT2D eigenvalue weighted by Crippen LogP contribution is 2.42. The Morgan fingerprint density at radius 1 is 0.281 bits per heavy atom. The van der Waals surface area contributed by atoms with Gasteiger partial charge >= 0.3 is 0 Å². The Bertz CT molecular complexity index is 3940. The molecule has 64 heavy (non-hydrogen) atoms. The Balaban J connectivity index is 1.09. The number of aromatic nitrogens is 5. The highest BCUT2D eigenvalue weighted by molar-refractivity contribution is 6.21. The number of hydrogen-bond donors (Lipinski definition) is 0. The SMILES string of the molecule is c1ccc(-c2nc(-c3ccc(-n4c5cc6ccccc6cc5c5ccc6ccccc6c54)cc3-c3ccccc3)nc(-c3cccc4c3c3ccccc3n4-c3ccccc3)n2)cc1. The predicted molar refractivity (Wildman–Crippen MR) is 265 cm³/mol. The van der Waals surface area contributed by atoms with Crippen molar-refractivity contribution in [1.82, 2.24) is 24.1 Å². The second-order valence-corrected chi connectivity index (χ2v) is 16.4. The zero-order valence-corrected chi connectivity index (χ0v) is 34.6. The number of para-hydroxylation sites is 2. The molecule has 0 fully saturated rings. The summed E-state index contributed by atoms with van der Waals surface area (Å²) in [6, 6.07) is 79.8. The van der Waals surface area contributed by atoms with E-state index in [1.165, 1.54) is 37.8 Å². The molecule has 0 bridgehead atoms. The molecule has 298 valence electrons. The highest BCUT2D eigenvalue weighted by Gasteiger charge is 2.22. The second kappa shape index (κ2) is 14.5. The van der Waals surface area contributed by atoms with Crippen LogP contribution in [0.4, 0.5) is 0 Å². The quantitative estimate of drug-likeness (QED) is 0.168. The van der Waals surface area contributed by atoms with Crippen LogP contribution in [-0.4, -0.2) is 24.1 Å². The van der Waals surface area contributed by atoms with Crippen molar-refractivity contribution in [1.29, 1.82) is 0 Å². The predicted octanol–water partition coefficient (Wildman–Crippen LogP) is 15.0. The molecule has 0 aliphatic rings. The molecular formula is C59H37N5. The molecule has 5 heteroatoms. The first-order valence-corrected chi connectivity index (χ1v) is 21.7. The van der Waals surface area contributed by atoms with Crippen LogP contribution in [0.3, 0.4) is 0 Å². The van der Waals surface area contributed by atoms with Crippen molar-refractivity contribution in [2.45, 2.75) is 0 Å². The van der Waals surface area contributed by atoms with Gasteiger partial charge in [0, 0.05) is 55.0 Å². The lowest BCUT2D eigenvalue weighted by atomic mass is 9.97. The monoisotopic (exact) mass is 815 g/mol. The smallest absolute Gasteiger partial charge is 0.164 e. The Labute approximate surface area is 368 Å². The molecule has 0 saturated heterocycles. The molecule has 0 aliphatic carbocycles. The molecule has 0 aliphatic heterocycles. The summed E-state index contributed by atoms with van der Waals surface area (Å²) in [5, 5.41) is 9.53. The van der Waals surface area contributed by atoms with E-state index >= 15 is 0 Å². The number of benzene rings is 10. The first-order chi connectivity index (χ1) is 31.7. The second-order valence-electron chi connectivity index (χ2n) is 16.4. The average molecular weight is 816 g/mol. The molecule has 0 N–H and O–H groups in total. The normalized spacial score (nSPS) is 11.8. The summed E-state index contributed by atoms with van der Waals surface area (Å²) in [4.78, 5) is 16.1. The standard InChI is InChI=1S/C59H37N5/c1-4-17-38(18-5-1)50-37-44(64-54-36-42-23-11-10-22-41(42)35-51(54)46-33-31-39-19-12-13-26-45(39)56(46)64)32-34-47(50)58-60-57(40-20-6-2-7-21-40)61-59(62-58)49-28-16-30-53-55(49)48-27-14-15-29-52(48)63(53)43-24-8-3-9-25-43/h1-37H. The maximum absolute atomic E-state index is 5.45. The summed E-state index contributed by atoms with van der Waals surface area (Å²) in [6.45, 7) is 0. The minimum absolute atomic E-state index is 0.608. The largest absolute Gasteiger partial charge is 0.309 e. The van der Waals surface area contributed by atoms with Gasteiger partial charge in [-0.25, -0.2) is 15.0 Å². The van der Waals surface area contributed by atoms with Crippen molar-refractivity contribution < 1.29 is 0 Å². The maximum atomic E-state index is 5.45. The lowest BCUT2D eigenvalue weighted by molar-refractivity contribution is 1.08. The zero-order valence-electron chi connectivity index (χ0n) is 34.6. The van der Waals surface area contributed by atoms with E-state index < -0.39 is 0 Å². The van der Waals surface area contributed by atoms with E-state index in [2.05, 4.69) is 215 Å². The van der Waals surface area contributed by atoms with Crippen LogP contribution in [-0.2, 0) is 0 Å². The minimum atomic E-state index is 0.608. The van der Waals surface area contributed by atoms with Gasteiger partial charge in [0.15, 0.2) is 17.5 Å². The van der Waals surface area contributed by atoms with Gasteiger partial charge in [-0.05, 0) is 81.9 Å². The van der Waals surface area contributed by atoms with Crippen LogP contribution in [0.25, 0.3) is 122 Å². The van der Waals surface area contributed by atoms with Gasteiger partial charge in [0.05, 0.1) is 22.1 Å². The van der Waals surface area contributed by atoms with Crippen molar-refractivity contribution in [2.24, 2.45) is 0 Å². The molecule has 0 unspecified atom stereocenters. The Morgan fingerprint density at radius 2 is 0.891 bits per heavy atom. The van der Waals surface area contributed by atoms with Crippen molar-refractivity contribution in [3.8, 4) is 56.7 Å². The van der Waals surface area contributed by atoms with Gasteiger partial charge in [-0.2, -0.15) is 0 Å². The van der Waals surface area contributed by atoms with Gasteiger partial charge in [0.2, 0.25) is 0 Å². The first-order valence-electron chi connectivity index (χ1n) is 21.7. The summed E-state index contributed by atoms with van der Waals surface area (Å²) in [6.07, 6.45) is 0. The fourth-order valence-electron chi connectivity index (χ4n) is 9.85. The highest BCUT2D eigenvalue weighted by atomic mass is 15.0. The lowest BCUT2D eigenvalue weighted by Crippen LogP contribution is -2.02. The lowest BCUT2D eigenvalue weighted by Gasteiger charge is -2.16. The van der Waals surface area contributed by atoms with Crippen LogP contribution >= 0.6 is 0 Å². The third-order valence-electron chi connectivity index (χ3n) is 12.7. The van der Waals surface area contributed by atoms with Gasteiger partial charge in [-0.3, -0.25) is 0 Å². The van der Waals surface area contributed by atoms with Gasteiger partial charge in [-0.15, -0.1) is 0 Å². The van der Waals surface area contributed by atoms with E-state index in [0.717, 1.165) is 66.5 Å². The Kier molecular flexibility index (Phi) is 8.15. The van der Waals surface area contributed by atoms with Crippen LogP contribution in [0.5, 0.6) is 0 Å². The van der Waals surface area contributed by atoms with E-state index in [1.807, 2.05) is 18.2 Å². The number of hydrogen-bond acceptors (Lipinski definition) is 3. The van der Waals surface area contributed by atoms with Gasteiger partial charge in [0.1, 0.15) is 0 Å². The molecule has 10 aromatic carbocycles. The number of rotatable bonds is 6. The van der Waals surface area contributed by atoms with Gasteiger partial charge in [0.25, 0.3) is 0 Å². The molecule has 0 saturated carbocycles. The van der Waals surface area contributed by atoms with E-state index in [-0.39, 0.29) is 0 Å². The summed E-state index contributed by atoms with van der Waals surface area (Å²) in [7, 11) is 0. The zero-order chi connectivity index (χ0) is 42.1. The molecule has 13 rings (SSSR count). The molecule has 0 spiro atoms. The van der Waals surface area contributed by atoms with Crippen LogP contribution in [0.15, 0.2) is 224 Å². The van der Waals surface area contributed by atoms with Crippen molar-refractivity contribution in [3.63, 3.8) is 0 Å². The summed E-state index contributed by atoms with van der Waals surface area (Å²) < 4.78 is 4.79. The fourth-order valence-corrected chi connectivity index (χ4v) is 9.85. The van der Waals surface area contributed by atoms with Crippen LogP contribution in [0.2, 0.25) is 0 Å².